The Morgan fingerprint density at radius 1 is 1.04 bits per heavy atom. The van der Waals surface area contributed by atoms with E-state index >= 15 is 0 Å². The van der Waals surface area contributed by atoms with E-state index in [4.69, 9.17) is 4.74 Å². The maximum absolute atomic E-state index is 12.4. The lowest BCUT2D eigenvalue weighted by atomic mass is 10.1. The molecule has 0 aliphatic rings. The van der Waals surface area contributed by atoms with Crippen LogP contribution in [0.15, 0.2) is 35.2 Å². The minimum atomic E-state index is -3.74. The summed E-state index contributed by atoms with van der Waals surface area (Å²) in [6, 6.07) is 7.89. The normalized spacial score (nSPS) is 11.9. The lowest BCUT2D eigenvalue weighted by Crippen LogP contribution is -2.26. The number of sulfonamides is 1. The number of nitrogens with one attached hydrogen (secondary N) is 2. The van der Waals surface area contributed by atoms with Gasteiger partial charge in [-0.2, -0.15) is 0 Å². The number of ether oxygens (including phenoxy) is 1. The van der Waals surface area contributed by atoms with Gasteiger partial charge >= 0.3 is 0 Å². The van der Waals surface area contributed by atoms with Gasteiger partial charge in [0.1, 0.15) is 11.6 Å². The van der Waals surface area contributed by atoms with Gasteiger partial charge in [0.25, 0.3) is 10.0 Å². The molecule has 2 N–H and O–H groups in total. The predicted octanol–water partition coefficient (Wildman–Crippen LogP) is 2.80. The maximum Gasteiger partial charge on any atom is 0.263 e. The molecule has 0 fully saturated rings. The average Bonchev–Trinajstić information content (AvgIpc) is 2.47. The summed E-state index contributed by atoms with van der Waals surface area (Å²) in [6.07, 6.45) is 0. The summed E-state index contributed by atoms with van der Waals surface area (Å²) in [7, 11) is -2.20. The van der Waals surface area contributed by atoms with Gasteiger partial charge in [0, 0.05) is 5.54 Å². The molecule has 0 saturated carbocycles. The monoisotopic (exact) mass is 350 g/mol. The van der Waals surface area contributed by atoms with Crippen molar-refractivity contribution in [3.63, 3.8) is 0 Å². The zero-order valence-corrected chi connectivity index (χ0v) is 15.2. The fourth-order valence-corrected chi connectivity index (χ4v) is 3.13. The number of benzene rings is 1. The molecular weight excluding hydrogens is 328 g/mol. The van der Waals surface area contributed by atoms with Gasteiger partial charge in [-0.1, -0.05) is 0 Å². The van der Waals surface area contributed by atoms with Gasteiger partial charge in [0.05, 0.1) is 12.0 Å². The molecule has 2 aromatic rings. The van der Waals surface area contributed by atoms with Crippen LogP contribution < -0.4 is 14.8 Å². The molecule has 130 valence electrons. The van der Waals surface area contributed by atoms with Crippen molar-refractivity contribution in [1.29, 1.82) is 0 Å². The smallest absolute Gasteiger partial charge is 0.263 e. The third-order valence-electron chi connectivity index (χ3n) is 3.08. The highest BCUT2D eigenvalue weighted by atomic mass is 32.2. The van der Waals surface area contributed by atoms with Crippen LogP contribution in [-0.4, -0.2) is 31.3 Å². The van der Waals surface area contributed by atoms with E-state index < -0.39 is 10.0 Å². The quantitative estimate of drug-likeness (QED) is 0.861. The summed E-state index contributed by atoms with van der Waals surface area (Å²) in [4.78, 5) is 0.138. The minimum Gasteiger partial charge on any atom is -0.496 e. The average molecular weight is 350 g/mol. The summed E-state index contributed by atoms with van der Waals surface area (Å²) in [5, 5.41) is 11.0. The molecule has 8 heteroatoms. The number of aromatic nitrogens is 2. The third kappa shape index (κ3) is 4.58. The van der Waals surface area contributed by atoms with Crippen LogP contribution in [0.5, 0.6) is 5.75 Å². The first-order valence-electron chi connectivity index (χ1n) is 7.40. The molecule has 0 saturated heterocycles. The van der Waals surface area contributed by atoms with Crippen LogP contribution >= 0.6 is 0 Å². The molecule has 2 rings (SSSR count). The standard InChI is InChI=1S/C16H22N4O3S/c1-11-10-12(6-7-13(11)23-5)24(21,22)20-15-9-8-14(18-19-15)17-16(2,3)4/h6-10H,1-5H3,(H,17,18)(H,19,20). The Labute approximate surface area is 142 Å². The van der Waals surface area contributed by atoms with Crippen molar-refractivity contribution in [2.45, 2.75) is 38.1 Å². The summed E-state index contributed by atoms with van der Waals surface area (Å²) in [6.45, 7) is 7.77. The topological polar surface area (TPSA) is 93.2 Å². The fourth-order valence-electron chi connectivity index (χ4n) is 2.05. The highest BCUT2D eigenvalue weighted by Crippen LogP contribution is 2.23. The molecule has 0 aliphatic heterocycles. The number of nitrogens with zero attached hydrogens (tertiary/aromatic N) is 2. The highest BCUT2D eigenvalue weighted by Gasteiger charge is 2.17. The second-order valence-electron chi connectivity index (χ2n) is 6.42. The van der Waals surface area contributed by atoms with Crippen molar-refractivity contribution in [3.8, 4) is 5.75 Å². The SMILES string of the molecule is COc1ccc(S(=O)(=O)Nc2ccc(NC(C)(C)C)nn2)cc1C. The summed E-state index contributed by atoms with van der Waals surface area (Å²) >= 11 is 0. The number of rotatable bonds is 5. The zero-order valence-electron chi connectivity index (χ0n) is 14.4. The van der Waals surface area contributed by atoms with Crippen molar-refractivity contribution >= 4 is 21.7 Å². The molecule has 24 heavy (non-hydrogen) atoms. The molecule has 0 amide bonds. The van der Waals surface area contributed by atoms with Crippen molar-refractivity contribution < 1.29 is 13.2 Å². The van der Waals surface area contributed by atoms with Crippen molar-refractivity contribution in [2.75, 3.05) is 17.1 Å². The Balaban J connectivity index is 2.18. The van der Waals surface area contributed by atoms with Crippen LogP contribution in [0.3, 0.4) is 0 Å². The molecule has 0 radical (unpaired) electrons. The number of methoxy groups -OCH3 is 1. The van der Waals surface area contributed by atoms with E-state index in [9.17, 15) is 8.42 Å². The zero-order chi connectivity index (χ0) is 18.0. The van der Waals surface area contributed by atoms with Gasteiger partial charge in [-0.05, 0) is 63.6 Å². The van der Waals surface area contributed by atoms with Gasteiger partial charge in [-0.25, -0.2) is 8.42 Å². The molecule has 0 atom stereocenters. The lowest BCUT2D eigenvalue weighted by molar-refractivity contribution is 0.411. The largest absolute Gasteiger partial charge is 0.496 e. The number of anilines is 2. The van der Waals surface area contributed by atoms with E-state index in [0.717, 1.165) is 5.56 Å². The van der Waals surface area contributed by atoms with Gasteiger partial charge < -0.3 is 10.1 Å². The number of hydrogen-bond acceptors (Lipinski definition) is 6. The van der Waals surface area contributed by atoms with Crippen LogP contribution in [0, 0.1) is 6.92 Å². The van der Waals surface area contributed by atoms with Crippen LogP contribution in [-0.2, 0) is 10.0 Å². The summed E-state index contributed by atoms with van der Waals surface area (Å²) in [5.74, 6) is 1.36. The first kappa shape index (κ1) is 18.0. The van der Waals surface area contributed by atoms with Crippen LogP contribution in [0.4, 0.5) is 11.6 Å². The second-order valence-corrected chi connectivity index (χ2v) is 8.10. The van der Waals surface area contributed by atoms with Gasteiger partial charge in [-0.15, -0.1) is 10.2 Å². The van der Waals surface area contributed by atoms with E-state index in [2.05, 4.69) is 20.2 Å². The summed E-state index contributed by atoms with van der Waals surface area (Å²) in [5.41, 5.74) is 0.576. The van der Waals surface area contributed by atoms with E-state index in [1.54, 1.807) is 31.2 Å². The molecule has 1 aromatic heterocycles. The van der Waals surface area contributed by atoms with E-state index in [1.165, 1.54) is 13.2 Å². The van der Waals surface area contributed by atoms with E-state index in [1.807, 2.05) is 20.8 Å². The van der Waals surface area contributed by atoms with Gasteiger partial charge in [0.2, 0.25) is 0 Å². The van der Waals surface area contributed by atoms with Crippen molar-refractivity contribution in [1.82, 2.24) is 10.2 Å². The van der Waals surface area contributed by atoms with Gasteiger partial charge in [-0.3, -0.25) is 4.72 Å². The first-order valence-corrected chi connectivity index (χ1v) is 8.88. The molecule has 0 bridgehead atoms. The molecular formula is C16H22N4O3S. The molecule has 0 aliphatic carbocycles. The highest BCUT2D eigenvalue weighted by molar-refractivity contribution is 7.92. The van der Waals surface area contributed by atoms with E-state index in [-0.39, 0.29) is 16.3 Å². The van der Waals surface area contributed by atoms with E-state index in [0.29, 0.717) is 11.6 Å². The molecule has 7 nitrogen and oxygen atoms in total. The Hall–Kier alpha value is -2.35. The lowest BCUT2D eigenvalue weighted by Gasteiger charge is -2.20. The number of aryl methyl sites for hydroxylation is 1. The Kier molecular flexibility index (Phi) is 4.98. The minimum absolute atomic E-state index is 0.138. The van der Waals surface area contributed by atoms with Gasteiger partial charge in [0.15, 0.2) is 5.82 Å². The van der Waals surface area contributed by atoms with Crippen LogP contribution in [0.1, 0.15) is 26.3 Å². The first-order chi connectivity index (χ1) is 11.1. The fraction of sp³-hybridized carbons (Fsp3) is 0.375. The predicted molar refractivity (Wildman–Crippen MR) is 93.9 cm³/mol. The van der Waals surface area contributed by atoms with Crippen molar-refractivity contribution in [3.05, 3.63) is 35.9 Å². The third-order valence-corrected chi connectivity index (χ3v) is 4.44. The Bertz CT molecular complexity index is 812. The second kappa shape index (κ2) is 6.64. The van der Waals surface area contributed by atoms with Crippen molar-refractivity contribution in [2.24, 2.45) is 0 Å². The molecule has 0 spiro atoms. The summed E-state index contributed by atoms with van der Waals surface area (Å²) < 4.78 is 32.4. The Morgan fingerprint density at radius 2 is 1.67 bits per heavy atom. The molecule has 0 unspecified atom stereocenters. The molecule has 1 heterocycles. The number of hydrogen-bond donors (Lipinski definition) is 2. The maximum atomic E-state index is 12.4. The van der Waals surface area contributed by atoms with Crippen LogP contribution in [0.25, 0.3) is 0 Å². The molecule has 1 aromatic carbocycles. The Morgan fingerprint density at radius 3 is 2.17 bits per heavy atom. The van der Waals surface area contributed by atoms with Crippen LogP contribution in [0.2, 0.25) is 0 Å².